The number of thiophene rings is 1. The van der Waals surface area contributed by atoms with Gasteiger partial charge in [0.1, 0.15) is 0 Å². The highest BCUT2D eigenvalue weighted by Crippen LogP contribution is 2.18. The Morgan fingerprint density at radius 1 is 1.12 bits per heavy atom. The molecule has 0 unspecified atom stereocenters. The second-order valence-corrected chi connectivity index (χ2v) is 5.30. The fourth-order valence-corrected chi connectivity index (χ4v) is 2.78. The fraction of sp³-hybridized carbons (Fsp3) is 0.267. The molecule has 1 aromatic carbocycles. The van der Waals surface area contributed by atoms with E-state index in [1.165, 1.54) is 4.88 Å². The average molecular weight is 244 g/mol. The zero-order chi connectivity index (χ0) is 12.3. The predicted octanol–water partition coefficient (Wildman–Crippen LogP) is 4.18. The van der Waals surface area contributed by atoms with Crippen molar-refractivity contribution in [2.75, 3.05) is 0 Å². The van der Waals surface area contributed by atoms with Crippen molar-refractivity contribution in [3.05, 3.63) is 57.3 Å². The number of rotatable bonds is 4. The third-order valence-electron chi connectivity index (χ3n) is 2.94. The molecule has 0 aliphatic heterocycles. The highest BCUT2D eigenvalue weighted by molar-refractivity contribution is 7.09. The molecule has 0 N–H and O–H groups in total. The van der Waals surface area contributed by atoms with Crippen molar-refractivity contribution >= 4 is 17.1 Å². The Balaban J connectivity index is 2.10. The summed E-state index contributed by atoms with van der Waals surface area (Å²) in [6.45, 7) is 4.01. The molecule has 0 fully saturated rings. The van der Waals surface area contributed by atoms with Crippen molar-refractivity contribution in [1.29, 1.82) is 0 Å². The van der Waals surface area contributed by atoms with Gasteiger partial charge in [0, 0.05) is 16.9 Å². The van der Waals surface area contributed by atoms with E-state index in [-0.39, 0.29) is 5.78 Å². The topological polar surface area (TPSA) is 17.1 Å². The minimum atomic E-state index is 0.258. The van der Waals surface area contributed by atoms with Gasteiger partial charge in [-0.05, 0) is 42.8 Å². The van der Waals surface area contributed by atoms with Crippen LogP contribution in [0.2, 0.25) is 0 Å². The van der Waals surface area contributed by atoms with Gasteiger partial charge in [0.2, 0.25) is 0 Å². The number of carbonyl (C=O) groups is 1. The maximum atomic E-state index is 12.2. The first-order valence-corrected chi connectivity index (χ1v) is 6.68. The van der Waals surface area contributed by atoms with Gasteiger partial charge in [-0.2, -0.15) is 0 Å². The van der Waals surface area contributed by atoms with Gasteiger partial charge in [-0.15, -0.1) is 11.3 Å². The van der Waals surface area contributed by atoms with Gasteiger partial charge in [-0.25, -0.2) is 0 Å². The number of hydrogen-bond acceptors (Lipinski definition) is 2. The van der Waals surface area contributed by atoms with E-state index >= 15 is 0 Å². The van der Waals surface area contributed by atoms with Crippen molar-refractivity contribution in [1.82, 2.24) is 0 Å². The van der Waals surface area contributed by atoms with Crippen LogP contribution in [0.1, 0.15) is 32.8 Å². The highest BCUT2D eigenvalue weighted by atomic mass is 32.1. The molecular formula is C15H16OS. The van der Waals surface area contributed by atoms with Gasteiger partial charge in [0.15, 0.2) is 5.78 Å². The van der Waals surface area contributed by atoms with Crippen LogP contribution < -0.4 is 0 Å². The molecule has 1 aromatic heterocycles. The Hall–Kier alpha value is -1.41. The summed E-state index contributed by atoms with van der Waals surface area (Å²) in [4.78, 5) is 13.5. The number of aryl methyl sites for hydroxylation is 3. The molecule has 0 aliphatic carbocycles. The van der Waals surface area contributed by atoms with Crippen LogP contribution in [0.15, 0.2) is 35.7 Å². The summed E-state index contributed by atoms with van der Waals surface area (Å²) < 4.78 is 0. The maximum absolute atomic E-state index is 12.2. The van der Waals surface area contributed by atoms with Crippen LogP contribution in [0.5, 0.6) is 0 Å². The summed E-state index contributed by atoms with van der Waals surface area (Å²) in [6, 6.07) is 10.1. The molecule has 0 saturated heterocycles. The highest BCUT2D eigenvalue weighted by Gasteiger charge is 2.11. The smallest absolute Gasteiger partial charge is 0.163 e. The normalized spacial score (nSPS) is 10.5. The van der Waals surface area contributed by atoms with E-state index in [0.29, 0.717) is 6.42 Å². The summed E-state index contributed by atoms with van der Waals surface area (Å²) >= 11 is 1.72. The molecule has 17 heavy (non-hydrogen) atoms. The summed E-state index contributed by atoms with van der Waals surface area (Å²) in [5, 5.41) is 2.05. The Morgan fingerprint density at radius 2 is 1.82 bits per heavy atom. The molecule has 2 heteroatoms. The summed E-state index contributed by atoms with van der Waals surface area (Å²) in [5.41, 5.74) is 3.08. The van der Waals surface area contributed by atoms with Crippen molar-refractivity contribution < 1.29 is 4.79 Å². The number of carbonyl (C=O) groups excluding carboxylic acids is 1. The SMILES string of the molecule is Cc1cccc(C)c1C(=O)CCc1cccs1. The fourth-order valence-electron chi connectivity index (χ4n) is 2.07. The molecule has 1 nitrogen and oxygen atoms in total. The molecule has 0 bridgehead atoms. The summed E-state index contributed by atoms with van der Waals surface area (Å²) in [6.07, 6.45) is 1.45. The first-order valence-electron chi connectivity index (χ1n) is 5.80. The second-order valence-electron chi connectivity index (χ2n) is 4.27. The van der Waals surface area contributed by atoms with Crippen LogP contribution in [0.4, 0.5) is 0 Å². The third-order valence-corrected chi connectivity index (χ3v) is 3.87. The molecule has 1 heterocycles. The number of benzene rings is 1. The van der Waals surface area contributed by atoms with Gasteiger partial charge in [-0.3, -0.25) is 4.79 Å². The molecule has 2 aromatic rings. The van der Waals surface area contributed by atoms with E-state index < -0.39 is 0 Å². The summed E-state index contributed by atoms with van der Waals surface area (Å²) in [7, 11) is 0. The van der Waals surface area contributed by atoms with Crippen molar-refractivity contribution in [2.45, 2.75) is 26.7 Å². The lowest BCUT2D eigenvalue weighted by atomic mass is 9.96. The molecule has 0 amide bonds. The van der Waals surface area contributed by atoms with E-state index in [1.807, 2.05) is 38.1 Å². The molecule has 88 valence electrons. The lowest BCUT2D eigenvalue weighted by Crippen LogP contribution is -2.05. The molecular weight excluding hydrogens is 228 g/mol. The largest absolute Gasteiger partial charge is 0.294 e. The monoisotopic (exact) mass is 244 g/mol. The van der Waals surface area contributed by atoms with Gasteiger partial charge in [0.05, 0.1) is 0 Å². The molecule has 0 aliphatic rings. The van der Waals surface area contributed by atoms with Crippen LogP contribution in [-0.4, -0.2) is 5.78 Å². The number of ketones is 1. The lowest BCUT2D eigenvalue weighted by Gasteiger charge is -2.07. The van der Waals surface area contributed by atoms with Crippen LogP contribution in [0, 0.1) is 13.8 Å². The van der Waals surface area contributed by atoms with E-state index in [0.717, 1.165) is 23.1 Å². The van der Waals surface area contributed by atoms with Crippen LogP contribution in [0.3, 0.4) is 0 Å². The van der Waals surface area contributed by atoms with Gasteiger partial charge >= 0.3 is 0 Å². The Morgan fingerprint density at radius 3 is 2.41 bits per heavy atom. The zero-order valence-electron chi connectivity index (χ0n) is 10.2. The standard InChI is InChI=1S/C15H16OS/c1-11-5-3-6-12(2)15(11)14(16)9-8-13-7-4-10-17-13/h3-7,10H,8-9H2,1-2H3. The number of Topliss-reactive ketones (excluding diaryl/α,β-unsaturated/α-hetero) is 1. The van der Waals surface area contributed by atoms with Crippen LogP contribution in [-0.2, 0) is 6.42 Å². The van der Waals surface area contributed by atoms with Crippen molar-refractivity contribution in [2.24, 2.45) is 0 Å². The molecule has 0 saturated carbocycles. The third kappa shape index (κ3) is 2.83. The average Bonchev–Trinajstić information content (AvgIpc) is 2.79. The van der Waals surface area contributed by atoms with Gasteiger partial charge < -0.3 is 0 Å². The van der Waals surface area contributed by atoms with Gasteiger partial charge in [0.25, 0.3) is 0 Å². The van der Waals surface area contributed by atoms with Gasteiger partial charge in [-0.1, -0.05) is 24.3 Å². The molecule has 0 atom stereocenters. The first-order chi connectivity index (χ1) is 8.18. The lowest BCUT2D eigenvalue weighted by molar-refractivity contribution is 0.0982. The van der Waals surface area contributed by atoms with Crippen LogP contribution in [0.25, 0.3) is 0 Å². The first kappa shape index (κ1) is 12.1. The van der Waals surface area contributed by atoms with Crippen molar-refractivity contribution in [3.63, 3.8) is 0 Å². The molecule has 2 rings (SSSR count). The van der Waals surface area contributed by atoms with E-state index in [2.05, 4.69) is 11.4 Å². The minimum Gasteiger partial charge on any atom is -0.294 e. The van der Waals surface area contributed by atoms with Crippen LogP contribution >= 0.6 is 11.3 Å². The Bertz CT molecular complexity index is 491. The Kier molecular flexibility index (Phi) is 3.75. The number of hydrogen-bond donors (Lipinski definition) is 0. The van der Waals surface area contributed by atoms with E-state index in [9.17, 15) is 4.79 Å². The van der Waals surface area contributed by atoms with Crippen molar-refractivity contribution in [3.8, 4) is 0 Å². The summed E-state index contributed by atoms with van der Waals surface area (Å²) in [5.74, 6) is 0.258. The molecule has 0 spiro atoms. The molecule has 0 radical (unpaired) electrons. The Labute approximate surface area is 106 Å². The van der Waals surface area contributed by atoms with E-state index in [4.69, 9.17) is 0 Å². The zero-order valence-corrected chi connectivity index (χ0v) is 11.0. The quantitative estimate of drug-likeness (QED) is 0.737. The maximum Gasteiger partial charge on any atom is 0.163 e. The second kappa shape index (κ2) is 5.28. The minimum absolute atomic E-state index is 0.258. The predicted molar refractivity (Wildman–Crippen MR) is 72.9 cm³/mol. The van der Waals surface area contributed by atoms with E-state index in [1.54, 1.807) is 11.3 Å².